The fourth-order valence-corrected chi connectivity index (χ4v) is 3.84. The number of rotatable bonds is 12. The Balaban J connectivity index is 1.21. The minimum absolute atomic E-state index is 0.123. The van der Waals surface area contributed by atoms with Crippen molar-refractivity contribution in [3.8, 4) is 11.5 Å². The second-order valence-electron chi connectivity index (χ2n) is 8.31. The van der Waals surface area contributed by atoms with Gasteiger partial charge in [0, 0.05) is 18.4 Å². The molecule has 0 spiro atoms. The highest BCUT2D eigenvalue weighted by Gasteiger charge is 2.17. The predicted octanol–water partition coefficient (Wildman–Crippen LogP) is 5.31. The molecule has 0 radical (unpaired) electrons. The van der Waals surface area contributed by atoms with Gasteiger partial charge in [0.05, 0.1) is 24.9 Å². The molecule has 3 aromatic rings. The lowest BCUT2D eigenvalue weighted by Gasteiger charge is -2.15. The lowest BCUT2D eigenvalue weighted by Crippen LogP contribution is -2.22. The summed E-state index contributed by atoms with van der Waals surface area (Å²) < 4.78 is 17.4. The molecule has 2 N–H and O–H groups in total. The number of benzene rings is 3. The molecule has 34 heavy (non-hydrogen) atoms. The van der Waals surface area contributed by atoms with E-state index in [1.807, 2.05) is 54.6 Å². The predicted molar refractivity (Wildman–Crippen MR) is 135 cm³/mol. The zero-order chi connectivity index (χ0) is 23.4. The average Bonchev–Trinajstić information content (AvgIpc) is 3.40. The van der Waals surface area contributed by atoms with Gasteiger partial charge in [0.15, 0.2) is 0 Å². The van der Waals surface area contributed by atoms with Gasteiger partial charge in [-0.25, -0.2) is 0 Å². The number of para-hydroxylation sites is 2. The van der Waals surface area contributed by atoms with Gasteiger partial charge >= 0.3 is 0 Å². The second-order valence-corrected chi connectivity index (χ2v) is 8.31. The number of ether oxygens (including phenoxy) is 3. The first-order valence-corrected chi connectivity index (χ1v) is 11.9. The van der Waals surface area contributed by atoms with E-state index in [9.17, 15) is 4.79 Å². The zero-order valence-electron chi connectivity index (χ0n) is 19.4. The van der Waals surface area contributed by atoms with Crippen molar-refractivity contribution in [2.75, 3.05) is 37.0 Å². The topological polar surface area (TPSA) is 68.8 Å². The summed E-state index contributed by atoms with van der Waals surface area (Å²) in [6.45, 7) is 2.06. The minimum atomic E-state index is -0.151. The molecule has 4 rings (SSSR count). The van der Waals surface area contributed by atoms with Gasteiger partial charge < -0.3 is 24.8 Å². The highest BCUT2D eigenvalue weighted by Crippen LogP contribution is 2.25. The smallest absolute Gasteiger partial charge is 0.243 e. The maximum atomic E-state index is 12.5. The van der Waals surface area contributed by atoms with Gasteiger partial charge in [0.25, 0.3) is 0 Å². The summed E-state index contributed by atoms with van der Waals surface area (Å²) in [5.41, 5.74) is 2.80. The molecule has 1 amide bonds. The lowest BCUT2D eigenvalue weighted by molar-refractivity contribution is -0.114. The van der Waals surface area contributed by atoms with Gasteiger partial charge in [0.1, 0.15) is 18.1 Å². The Bertz CT molecular complexity index is 1040. The first-order valence-electron chi connectivity index (χ1n) is 11.9. The summed E-state index contributed by atoms with van der Waals surface area (Å²) in [4.78, 5) is 12.5. The summed E-state index contributed by atoms with van der Waals surface area (Å²) in [6.07, 6.45) is 4.13. The molecule has 6 heteroatoms. The van der Waals surface area contributed by atoms with Crippen molar-refractivity contribution in [3.63, 3.8) is 0 Å². The molecule has 1 aliphatic heterocycles. The van der Waals surface area contributed by atoms with Crippen molar-refractivity contribution in [1.29, 1.82) is 0 Å². The van der Waals surface area contributed by atoms with E-state index in [0.29, 0.717) is 24.7 Å². The standard InChI is InChI=1S/C28H32N2O4/c31-28(30-26-15-4-5-16-27(26)34-21-25-14-8-18-33-25)20-29-23-12-6-13-24(19-23)32-17-7-11-22-9-2-1-3-10-22/h1-6,9-10,12-13,15-16,19,25,29H,7-8,11,14,17-18,20-21H2,(H,30,31). The van der Waals surface area contributed by atoms with Gasteiger partial charge in [-0.3, -0.25) is 4.79 Å². The first kappa shape index (κ1) is 23.6. The van der Waals surface area contributed by atoms with Crippen molar-refractivity contribution < 1.29 is 19.0 Å². The number of carbonyl (C=O) groups excluding carboxylic acids is 1. The van der Waals surface area contributed by atoms with Crippen molar-refractivity contribution in [2.24, 2.45) is 0 Å². The van der Waals surface area contributed by atoms with Crippen LogP contribution < -0.4 is 20.1 Å². The van der Waals surface area contributed by atoms with Crippen LogP contribution in [-0.4, -0.2) is 38.4 Å². The number of aryl methyl sites for hydroxylation is 1. The molecule has 0 aliphatic carbocycles. The molecule has 3 aromatic carbocycles. The van der Waals surface area contributed by atoms with Crippen LogP contribution in [0.1, 0.15) is 24.8 Å². The number of carbonyl (C=O) groups is 1. The van der Waals surface area contributed by atoms with E-state index < -0.39 is 0 Å². The normalized spacial score (nSPS) is 15.0. The Morgan fingerprint density at radius 2 is 1.82 bits per heavy atom. The third-order valence-corrected chi connectivity index (χ3v) is 5.62. The van der Waals surface area contributed by atoms with Crippen LogP contribution in [0, 0.1) is 0 Å². The third kappa shape index (κ3) is 7.52. The monoisotopic (exact) mass is 460 g/mol. The van der Waals surface area contributed by atoms with Crippen LogP contribution in [0.5, 0.6) is 11.5 Å². The molecule has 1 unspecified atom stereocenters. The fourth-order valence-electron chi connectivity index (χ4n) is 3.84. The maximum absolute atomic E-state index is 12.5. The Labute approximate surface area is 201 Å². The second kappa shape index (κ2) is 12.7. The number of amides is 1. The average molecular weight is 461 g/mol. The minimum Gasteiger partial charge on any atom is -0.494 e. The Kier molecular flexibility index (Phi) is 8.80. The van der Waals surface area contributed by atoms with Crippen molar-refractivity contribution in [2.45, 2.75) is 31.8 Å². The number of hydrogen-bond donors (Lipinski definition) is 2. The Hall–Kier alpha value is -3.51. The van der Waals surface area contributed by atoms with Gasteiger partial charge in [-0.15, -0.1) is 0 Å². The van der Waals surface area contributed by atoms with Crippen LogP contribution in [-0.2, 0) is 16.0 Å². The molecule has 0 saturated carbocycles. The molecule has 178 valence electrons. The fraction of sp³-hybridized carbons (Fsp3) is 0.321. The van der Waals surface area contributed by atoms with E-state index in [-0.39, 0.29) is 18.6 Å². The van der Waals surface area contributed by atoms with E-state index in [0.717, 1.165) is 43.7 Å². The summed E-state index contributed by atoms with van der Waals surface area (Å²) in [6, 6.07) is 25.5. The highest BCUT2D eigenvalue weighted by molar-refractivity contribution is 5.95. The molecular formula is C28H32N2O4. The maximum Gasteiger partial charge on any atom is 0.243 e. The largest absolute Gasteiger partial charge is 0.494 e. The molecule has 0 bridgehead atoms. The first-order chi connectivity index (χ1) is 16.8. The van der Waals surface area contributed by atoms with Crippen LogP contribution in [0.15, 0.2) is 78.9 Å². The third-order valence-electron chi connectivity index (χ3n) is 5.62. The van der Waals surface area contributed by atoms with Gasteiger partial charge in [-0.1, -0.05) is 48.5 Å². The van der Waals surface area contributed by atoms with Crippen LogP contribution in [0.3, 0.4) is 0 Å². The van der Waals surface area contributed by atoms with Crippen molar-refractivity contribution in [3.05, 3.63) is 84.4 Å². The molecule has 1 fully saturated rings. The number of nitrogens with one attached hydrogen (secondary N) is 2. The number of anilines is 2. The van der Waals surface area contributed by atoms with Crippen LogP contribution in [0.2, 0.25) is 0 Å². The van der Waals surface area contributed by atoms with E-state index in [4.69, 9.17) is 14.2 Å². The quantitative estimate of drug-likeness (QED) is 0.359. The molecule has 0 aromatic heterocycles. The van der Waals surface area contributed by atoms with Gasteiger partial charge in [0.2, 0.25) is 5.91 Å². The summed E-state index contributed by atoms with van der Waals surface area (Å²) in [5, 5.41) is 6.09. The van der Waals surface area contributed by atoms with Crippen molar-refractivity contribution in [1.82, 2.24) is 0 Å². The SMILES string of the molecule is O=C(CNc1cccc(OCCCc2ccccc2)c1)Nc1ccccc1OCC1CCCO1. The Morgan fingerprint density at radius 1 is 0.971 bits per heavy atom. The Morgan fingerprint density at radius 3 is 2.68 bits per heavy atom. The number of hydrogen-bond acceptors (Lipinski definition) is 5. The molecule has 1 heterocycles. The summed E-state index contributed by atoms with van der Waals surface area (Å²) >= 11 is 0. The van der Waals surface area contributed by atoms with Crippen LogP contribution in [0.25, 0.3) is 0 Å². The molecule has 1 saturated heterocycles. The van der Waals surface area contributed by atoms with E-state index in [1.165, 1.54) is 5.56 Å². The molecular weight excluding hydrogens is 428 g/mol. The molecule has 1 atom stereocenters. The van der Waals surface area contributed by atoms with E-state index in [2.05, 4.69) is 34.9 Å². The van der Waals surface area contributed by atoms with Gasteiger partial charge in [-0.2, -0.15) is 0 Å². The van der Waals surface area contributed by atoms with Crippen LogP contribution >= 0.6 is 0 Å². The molecule has 6 nitrogen and oxygen atoms in total. The summed E-state index contributed by atoms with van der Waals surface area (Å²) in [5.74, 6) is 1.28. The van der Waals surface area contributed by atoms with Crippen LogP contribution in [0.4, 0.5) is 11.4 Å². The zero-order valence-corrected chi connectivity index (χ0v) is 19.4. The highest BCUT2D eigenvalue weighted by atomic mass is 16.5. The summed E-state index contributed by atoms with van der Waals surface area (Å²) in [7, 11) is 0. The lowest BCUT2D eigenvalue weighted by atomic mass is 10.1. The van der Waals surface area contributed by atoms with E-state index in [1.54, 1.807) is 0 Å². The van der Waals surface area contributed by atoms with Gasteiger partial charge in [-0.05, 0) is 55.5 Å². The van der Waals surface area contributed by atoms with E-state index >= 15 is 0 Å². The molecule has 1 aliphatic rings. The van der Waals surface area contributed by atoms with Crippen molar-refractivity contribution >= 4 is 17.3 Å².